The number of alkyl halides is 3. The zero-order valence-electron chi connectivity index (χ0n) is 9.02. The SMILES string of the molecule is Cn1nc(C(F)(F)F)cc1-c1ccc(C(=O)O)s1. The van der Waals surface area contributed by atoms with Crippen molar-refractivity contribution in [2.24, 2.45) is 7.05 Å². The van der Waals surface area contributed by atoms with Crippen LogP contribution in [-0.4, -0.2) is 20.9 Å². The zero-order valence-corrected chi connectivity index (χ0v) is 9.84. The summed E-state index contributed by atoms with van der Waals surface area (Å²) in [5.41, 5.74) is -0.759. The minimum Gasteiger partial charge on any atom is -0.477 e. The molecule has 2 aromatic rings. The predicted molar refractivity (Wildman–Crippen MR) is 58.5 cm³/mol. The van der Waals surface area contributed by atoms with Gasteiger partial charge in [-0.15, -0.1) is 11.3 Å². The summed E-state index contributed by atoms with van der Waals surface area (Å²) in [7, 11) is 1.38. The molecule has 0 bridgehead atoms. The number of carbonyl (C=O) groups is 1. The van der Waals surface area contributed by atoms with Gasteiger partial charge >= 0.3 is 12.1 Å². The second kappa shape index (κ2) is 4.13. The Morgan fingerprint density at radius 2 is 2.11 bits per heavy atom. The summed E-state index contributed by atoms with van der Waals surface area (Å²) in [4.78, 5) is 11.2. The molecule has 0 amide bonds. The highest BCUT2D eigenvalue weighted by Crippen LogP contribution is 2.33. The average Bonchev–Trinajstić information content (AvgIpc) is 2.81. The van der Waals surface area contributed by atoms with Gasteiger partial charge in [-0.25, -0.2) is 4.79 Å². The van der Waals surface area contributed by atoms with Crippen molar-refractivity contribution in [1.82, 2.24) is 9.78 Å². The van der Waals surface area contributed by atoms with Gasteiger partial charge in [-0.2, -0.15) is 18.3 Å². The maximum absolute atomic E-state index is 12.5. The predicted octanol–water partition coefficient (Wildman–Crippen LogP) is 2.87. The maximum atomic E-state index is 12.5. The number of rotatable bonds is 2. The Hall–Kier alpha value is -1.83. The number of aromatic nitrogens is 2. The first-order chi connectivity index (χ1) is 8.29. The summed E-state index contributed by atoms with van der Waals surface area (Å²) in [6.45, 7) is 0. The molecule has 2 heterocycles. The lowest BCUT2D eigenvalue weighted by Crippen LogP contribution is -2.06. The van der Waals surface area contributed by atoms with Crippen molar-refractivity contribution in [1.29, 1.82) is 0 Å². The van der Waals surface area contributed by atoms with Gasteiger partial charge in [-0.1, -0.05) is 0 Å². The average molecular weight is 276 g/mol. The van der Waals surface area contributed by atoms with Crippen molar-refractivity contribution in [2.45, 2.75) is 6.18 Å². The lowest BCUT2D eigenvalue weighted by Gasteiger charge is -1.98. The van der Waals surface area contributed by atoms with E-state index in [-0.39, 0.29) is 10.6 Å². The molecule has 0 aliphatic rings. The Kier molecular flexibility index (Phi) is 2.89. The third-order valence-corrected chi connectivity index (χ3v) is 3.34. The number of aryl methyl sites for hydroxylation is 1. The molecule has 2 rings (SSSR count). The van der Waals surface area contributed by atoms with E-state index < -0.39 is 17.8 Å². The van der Waals surface area contributed by atoms with Crippen LogP contribution in [0, 0.1) is 0 Å². The third-order valence-electron chi connectivity index (χ3n) is 2.24. The van der Waals surface area contributed by atoms with Crippen LogP contribution in [0.2, 0.25) is 0 Å². The number of carboxylic acid groups (broad SMARTS) is 1. The smallest absolute Gasteiger partial charge is 0.435 e. The van der Waals surface area contributed by atoms with E-state index in [2.05, 4.69) is 5.10 Å². The fourth-order valence-electron chi connectivity index (χ4n) is 1.43. The molecule has 0 radical (unpaired) electrons. The molecule has 18 heavy (non-hydrogen) atoms. The van der Waals surface area contributed by atoms with E-state index >= 15 is 0 Å². The molecule has 0 spiro atoms. The van der Waals surface area contributed by atoms with Crippen molar-refractivity contribution in [2.75, 3.05) is 0 Å². The summed E-state index contributed by atoms with van der Waals surface area (Å²) < 4.78 is 38.5. The molecular formula is C10H7F3N2O2S. The van der Waals surface area contributed by atoms with E-state index in [1.54, 1.807) is 0 Å². The Labute approximate surface area is 103 Å². The van der Waals surface area contributed by atoms with Crippen molar-refractivity contribution in [3.63, 3.8) is 0 Å². The summed E-state index contributed by atoms with van der Waals surface area (Å²) in [5, 5.41) is 12.1. The number of halogens is 3. The Morgan fingerprint density at radius 1 is 1.44 bits per heavy atom. The minimum absolute atomic E-state index is 0.0692. The van der Waals surface area contributed by atoms with Crippen LogP contribution in [0.3, 0.4) is 0 Å². The van der Waals surface area contributed by atoms with Crippen LogP contribution < -0.4 is 0 Å². The van der Waals surface area contributed by atoms with Crippen molar-refractivity contribution < 1.29 is 23.1 Å². The molecule has 0 fully saturated rings. The maximum Gasteiger partial charge on any atom is 0.435 e. The molecular weight excluding hydrogens is 269 g/mol. The standard InChI is InChI=1S/C10H7F3N2O2S/c1-15-5(4-8(14-15)10(11,12)13)6-2-3-7(18-6)9(16)17/h2-4H,1H3,(H,16,17). The molecule has 0 unspecified atom stereocenters. The van der Waals surface area contributed by atoms with Crippen LogP contribution in [0.1, 0.15) is 15.4 Å². The van der Waals surface area contributed by atoms with Gasteiger partial charge in [0.15, 0.2) is 5.69 Å². The first-order valence-electron chi connectivity index (χ1n) is 4.74. The first kappa shape index (κ1) is 12.6. The van der Waals surface area contributed by atoms with Crippen molar-refractivity contribution in [3.05, 3.63) is 28.8 Å². The molecule has 8 heteroatoms. The van der Waals surface area contributed by atoms with E-state index in [1.807, 2.05) is 0 Å². The molecule has 1 N–H and O–H groups in total. The minimum atomic E-state index is -4.51. The van der Waals surface area contributed by atoms with Gasteiger partial charge in [-0.05, 0) is 18.2 Å². The molecule has 0 atom stereocenters. The van der Waals surface area contributed by atoms with Gasteiger partial charge in [0.2, 0.25) is 0 Å². The largest absolute Gasteiger partial charge is 0.477 e. The summed E-state index contributed by atoms with van der Waals surface area (Å²) in [6.07, 6.45) is -4.51. The lowest BCUT2D eigenvalue weighted by atomic mass is 10.3. The number of nitrogens with zero attached hydrogens (tertiary/aromatic N) is 2. The Bertz CT molecular complexity index is 601. The van der Waals surface area contributed by atoms with Crippen LogP contribution in [0.5, 0.6) is 0 Å². The highest BCUT2D eigenvalue weighted by molar-refractivity contribution is 7.17. The van der Waals surface area contributed by atoms with Gasteiger partial charge in [0, 0.05) is 7.05 Å². The van der Waals surface area contributed by atoms with E-state index in [1.165, 1.54) is 19.2 Å². The first-order valence-corrected chi connectivity index (χ1v) is 5.55. The Balaban J connectivity index is 2.44. The van der Waals surface area contributed by atoms with Gasteiger partial charge in [-0.3, -0.25) is 4.68 Å². The highest BCUT2D eigenvalue weighted by atomic mass is 32.1. The van der Waals surface area contributed by atoms with E-state index in [9.17, 15) is 18.0 Å². The summed E-state index contributed by atoms with van der Waals surface area (Å²) in [6, 6.07) is 3.71. The fourth-order valence-corrected chi connectivity index (χ4v) is 2.32. The van der Waals surface area contributed by atoms with Gasteiger partial charge in [0.25, 0.3) is 0 Å². The van der Waals surface area contributed by atoms with Crippen LogP contribution in [0.4, 0.5) is 13.2 Å². The molecule has 96 valence electrons. The molecule has 0 aliphatic carbocycles. The molecule has 2 aromatic heterocycles. The number of hydrogen-bond acceptors (Lipinski definition) is 3. The lowest BCUT2D eigenvalue weighted by molar-refractivity contribution is -0.141. The monoisotopic (exact) mass is 276 g/mol. The summed E-state index contributed by atoms with van der Waals surface area (Å²) >= 11 is 0.904. The zero-order chi connectivity index (χ0) is 13.5. The van der Waals surface area contributed by atoms with E-state index in [0.717, 1.165) is 22.1 Å². The highest BCUT2D eigenvalue weighted by Gasteiger charge is 2.34. The third kappa shape index (κ3) is 2.23. The molecule has 0 aliphatic heterocycles. The quantitative estimate of drug-likeness (QED) is 0.917. The van der Waals surface area contributed by atoms with Crippen molar-refractivity contribution in [3.8, 4) is 10.6 Å². The van der Waals surface area contributed by atoms with E-state index in [0.29, 0.717) is 4.88 Å². The summed E-state index contributed by atoms with van der Waals surface area (Å²) in [5.74, 6) is -1.11. The second-order valence-corrected chi connectivity index (χ2v) is 4.59. The normalized spacial score (nSPS) is 11.8. The van der Waals surface area contributed by atoms with Crippen LogP contribution in [0.15, 0.2) is 18.2 Å². The number of aromatic carboxylic acids is 1. The van der Waals surface area contributed by atoms with Crippen molar-refractivity contribution >= 4 is 17.3 Å². The molecule has 0 aromatic carbocycles. The number of carboxylic acids is 1. The molecule has 0 saturated carbocycles. The molecule has 0 saturated heterocycles. The van der Waals surface area contributed by atoms with Gasteiger partial charge < -0.3 is 5.11 Å². The number of thiophene rings is 1. The van der Waals surface area contributed by atoms with E-state index in [4.69, 9.17) is 5.11 Å². The van der Waals surface area contributed by atoms with Crippen LogP contribution >= 0.6 is 11.3 Å². The number of hydrogen-bond donors (Lipinski definition) is 1. The van der Waals surface area contributed by atoms with Gasteiger partial charge in [0.1, 0.15) is 4.88 Å². The second-order valence-electron chi connectivity index (χ2n) is 3.51. The topological polar surface area (TPSA) is 55.1 Å². The van der Waals surface area contributed by atoms with Gasteiger partial charge in [0.05, 0.1) is 10.6 Å². The van der Waals surface area contributed by atoms with Crippen LogP contribution in [0.25, 0.3) is 10.6 Å². The molecule has 4 nitrogen and oxygen atoms in total. The Morgan fingerprint density at radius 3 is 2.56 bits per heavy atom. The fraction of sp³-hybridized carbons (Fsp3) is 0.200. The van der Waals surface area contributed by atoms with Crippen LogP contribution in [-0.2, 0) is 13.2 Å².